The molecule has 2 N–H and O–H groups in total. The van der Waals surface area contributed by atoms with Crippen LogP contribution in [0.5, 0.6) is 0 Å². The molecule has 0 saturated carbocycles. The summed E-state index contributed by atoms with van der Waals surface area (Å²) in [5.74, 6) is -0.497. The van der Waals surface area contributed by atoms with Crippen molar-refractivity contribution in [2.45, 2.75) is 0 Å². The average molecular weight is 268 g/mol. The molecule has 98 valence electrons. The number of nitrogens with one attached hydrogen (secondary N) is 2. The van der Waals surface area contributed by atoms with E-state index in [4.69, 9.17) is 4.42 Å². The number of aromatic nitrogens is 4. The molecule has 0 spiro atoms. The van der Waals surface area contributed by atoms with Crippen LogP contribution in [0.25, 0.3) is 28.0 Å². The Morgan fingerprint density at radius 1 is 1.20 bits per heavy atom. The highest BCUT2D eigenvalue weighted by Crippen LogP contribution is 2.22. The van der Waals surface area contributed by atoms with Crippen LogP contribution < -0.4 is 11.4 Å². The van der Waals surface area contributed by atoms with Crippen molar-refractivity contribution in [1.29, 1.82) is 0 Å². The molecule has 3 aromatic heterocycles. The minimum atomic E-state index is -0.497. The summed E-state index contributed by atoms with van der Waals surface area (Å²) in [4.78, 5) is 32.3. The molecule has 0 saturated heterocycles. The van der Waals surface area contributed by atoms with Crippen molar-refractivity contribution in [3.8, 4) is 11.3 Å². The lowest BCUT2D eigenvalue weighted by atomic mass is 10.1. The fourth-order valence-corrected chi connectivity index (χ4v) is 2.18. The van der Waals surface area contributed by atoms with E-state index in [-0.39, 0.29) is 5.69 Å². The third kappa shape index (κ3) is 1.50. The molecule has 3 heterocycles. The molecule has 20 heavy (non-hydrogen) atoms. The van der Waals surface area contributed by atoms with Gasteiger partial charge in [0.25, 0.3) is 0 Å². The van der Waals surface area contributed by atoms with Gasteiger partial charge in [-0.25, -0.2) is 14.6 Å². The Morgan fingerprint density at radius 3 is 2.95 bits per heavy atom. The van der Waals surface area contributed by atoms with Crippen LogP contribution in [0.1, 0.15) is 0 Å². The number of H-pyrrole nitrogens is 2. The minimum absolute atomic E-state index is 0.251. The van der Waals surface area contributed by atoms with Crippen molar-refractivity contribution in [2.75, 3.05) is 0 Å². The van der Waals surface area contributed by atoms with Gasteiger partial charge in [0.1, 0.15) is 5.65 Å². The van der Waals surface area contributed by atoms with Gasteiger partial charge >= 0.3 is 11.4 Å². The highest BCUT2D eigenvalue weighted by atomic mass is 16.4. The fourth-order valence-electron chi connectivity index (χ4n) is 2.18. The Labute approximate surface area is 110 Å². The molecule has 0 fully saturated rings. The van der Waals surface area contributed by atoms with E-state index in [0.717, 1.165) is 5.56 Å². The third-order valence-corrected chi connectivity index (χ3v) is 3.11. The third-order valence-electron chi connectivity index (χ3n) is 3.11. The Hall–Kier alpha value is -3.09. The SMILES string of the molecule is O=c1[nH]c2cc(-c3cn4c(=O)[nH]ccc4n3)ccc2o1. The van der Waals surface area contributed by atoms with Gasteiger partial charge < -0.3 is 9.40 Å². The summed E-state index contributed by atoms with van der Waals surface area (Å²) in [6, 6.07) is 6.95. The first kappa shape index (κ1) is 10.8. The Kier molecular flexibility index (Phi) is 2.00. The van der Waals surface area contributed by atoms with Gasteiger partial charge in [0.05, 0.1) is 11.2 Å². The number of fused-ring (bicyclic) bond motifs is 2. The van der Waals surface area contributed by atoms with Crippen LogP contribution in [0.2, 0.25) is 0 Å². The van der Waals surface area contributed by atoms with Crippen LogP contribution in [-0.2, 0) is 0 Å². The minimum Gasteiger partial charge on any atom is -0.408 e. The summed E-state index contributed by atoms with van der Waals surface area (Å²) in [6.45, 7) is 0. The summed E-state index contributed by atoms with van der Waals surface area (Å²) in [6.07, 6.45) is 3.19. The van der Waals surface area contributed by atoms with Gasteiger partial charge in [0.2, 0.25) is 0 Å². The lowest BCUT2D eigenvalue weighted by molar-refractivity contribution is 0.555. The standard InChI is InChI=1S/C13H8N4O3/c18-12-14-4-3-11-15-9(6-17(11)12)7-1-2-10-8(5-7)16-13(19)20-10/h1-6H,(H,14,18)(H,16,19). The zero-order valence-electron chi connectivity index (χ0n) is 10.1. The first-order valence-corrected chi connectivity index (χ1v) is 5.91. The highest BCUT2D eigenvalue weighted by Gasteiger charge is 2.08. The van der Waals surface area contributed by atoms with Gasteiger partial charge in [0, 0.05) is 18.0 Å². The van der Waals surface area contributed by atoms with Gasteiger partial charge in [-0.1, -0.05) is 0 Å². The summed E-state index contributed by atoms with van der Waals surface area (Å²) < 4.78 is 6.37. The van der Waals surface area contributed by atoms with E-state index in [9.17, 15) is 9.59 Å². The van der Waals surface area contributed by atoms with Crippen molar-refractivity contribution in [3.05, 3.63) is 57.7 Å². The maximum Gasteiger partial charge on any atom is 0.417 e. The Bertz CT molecular complexity index is 1050. The van der Waals surface area contributed by atoms with E-state index >= 15 is 0 Å². The maximum absolute atomic E-state index is 11.6. The molecule has 4 rings (SSSR count). The molecular formula is C13H8N4O3. The van der Waals surface area contributed by atoms with Crippen molar-refractivity contribution in [1.82, 2.24) is 19.4 Å². The number of rotatable bonds is 1. The summed E-state index contributed by atoms with van der Waals surface area (Å²) in [5, 5.41) is 0. The largest absolute Gasteiger partial charge is 0.417 e. The zero-order chi connectivity index (χ0) is 13.7. The summed E-state index contributed by atoms with van der Waals surface area (Å²) in [5.41, 5.74) is 2.82. The second-order valence-electron chi connectivity index (χ2n) is 4.36. The lowest BCUT2D eigenvalue weighted by Gasteiger charge is -1.94. The highest BCUT2D eigenvalue weighted by molar-refractivity contribution is 5.79. The van der Waals surface area contributed by atoms with Crippen LogP contribution in [0.15, 0.2) is 50.7 Å². The van der Waals surface area contributed by atoms with E-state index in [2.05, 4.69) is 15.0 Å². The first-order valence-electron chi connectivity index (χ1n) is 5.91. The molecule has 0 amide bonds. The van der Waals surface area contributed by atoms with E-state index < -0.39 is 5.76 Å². The molecular weight excluding hydrogens is 260 g/mol. The second kappa shape index (κ2) is 3.70. The van der Waals surface area contributed by atoms with E-state index in [1.54, 1.807) is 36.7 Å². The average Bonchev–Trinajstić information content (AvgIpc) is 3.00. The van der Waals surface area contributed by atoms with Crippen LogP contribution in [0.4, 0.5) is 0 Å². The molecule has 0 aliphatic heterocycles. The topological polar surface area (TPSA) is 96.2 Å². The van der Waals surface area contributed by atoms with Gasteiger partial charge in [-0.2, -0.15) is 0 Å². The lowest BCUT2D eigenvalue weighted by Crippen LogP contribution is -2.13. The van der Waals surface area contributed by atoms with Crippen molar-refractivity contribution < 1.29 is 4.42 Å². The number of aromatic amines is 2. The van der Waals surface area contributed by atoms with Crippen molar-refractivity contribution in [2.24, 2.45) is 0 Å². The predicted molar refractivity (Wildman–Crippen MR) is 71.6 cm³/mol. The molecule has 0 atom stereocenters. The summed E-state index contributed by atoms with van der Waals surface area (Å²) in [7, 11) is 0. The zero-order valence-corrected chi connectivity index (χ0v) is 10.1. The number of nitrogens with zero attached hydrogens (tertiary/aromatic N) is 2. The molecule has 0 aliphatic carbocycles. The van der Waals surface area contributed by atoms with Crippen LogP contribution >= 0.6 is 0 Å². The predicted octanol–water partition coefficient (Wildman–Crippen LogP) is 1.12. The number of oxazole rings is 1. The second-order valence-corrected chi connectivity index (χ2v) is 4.36. The van der Waals surface area contributed by atoms with E-state index in [1.165, 1.54) is 4.40 Å². The van der Waals surface area contributed by atoms with Crippen molar-refractivity contribution >= 4 is 16.7 Å². The molecule has 1 aromatic carbocycles. The fraction of sp³-hybridized carbons (Fsp3) is 0. The summed E-state index contributed by atoms with van der Waals surface area (Å²) >= 11 is 0. The molecule has 7 heteroatoms. The van der Waals surface area contributed by atoms with Crippen LogP contribution in [-0.4, -0.2) is 19.4 Å². The molecule has 7 nitrogen and oxygen atoms in total. The molecule has 4 aromatic rings. The maximum atomic E-state index is 11.6. The number of benzene rings is 1. The number of hydrogen-bond acceptors (Lipinski definition) is 4. The van der Waals surface area contributed by atoms with Crippen LogP contribution in [0.3, 0.4) is 0 Å². The van der Waals surface area contributed by atoms with Crippen molar-refractivity contribution in [3.63, 3.8) is 0 Å². The Balaban J connectivity index is 1.97. The monoisotopic (exact) mass is 268 g/mol. The molecule has 0 unspecified atom stereocenters. The molecule has 0 aliphatic rings. The Morgan fingerprint density at radius 2 is 2.10 bits per heavy atom. The van der Waals surface area contributed by atoms with Gasteiger partial charge in [0.15, 0.2) is 5.58 Å². The number of imidazole rings is 1. The first-order chi connectivity index (χ1) is 9.70. The van der Waals surface area contributed by atoms with E-state index in [1.807, 2.05) is 0 Å². The normalized spacial score (nSPS) is 11.4. The molecule has 0 radical (unpaired) electrons. The van der Waals surface area contributed by atoms with Gasteiger partial charge in [-0.05, 0) is 24.3 Å². The number of hydrogen-bond donors (Lipinski definition) is 2. The van der Waals surface area contributed by atoms with Gasteiger partial charge in [-0.3, -0.25) is 9.38 Å². The molecule has 0 bridgehead atoms. The van der Waals surface area contributed by atoms with Gasteiger partial charge in [-0.15, -0.1) is 0 Å². The quantitative estimate of drug-likeness (QED) is 0.540. The van der Waals surface area contributed by atoms with E-state index in [0.29, 0.717) is 22.4 Å². The smallest absolute Gasteiger partial charge is 0.408 e. The van der Waals surface area contributed by atoms with Crippen LogP contribution in [0, 0.1) is 0 Å².